The molecule has 0 spiro atoms. The quantitative estimate of drug-likeness (QED) is 0.355. The van der Waals surface area contributed by atoms with Crippen LogP contribution in [-0.2, 0) is 9.53 Å². The van der Waals surface area contributed by atoms with Crippen molar-refractivity contribution in [2.45, 2.75) is 6.92 Å². The van der Waals surface area contributed by atoms with Crippen LogP contribution in [0.25, 0.3) is 0 Å². The van der Waals surface area contributed by atoms with Crippen molar-refractivity contribution < 1.29 is 14.3 Å². The van der Waals surface area contributed by atoms with E-state index in [0.717, 1.165) is 0 Å². The van der Waals surface area contributed by atoms with Crippen molar-refractivity contribution in [2.75, 3.05) is 13.2 Å². The molecule has 0 aliphatic heterocycles. The predicted molar refractivity (Wildman–Crippen MR) is 39.0 cm³/mol. The molecule has 0 saturated heterocycles. The van der Waals surface area contributed by atoms with Crippen molar-refractivity contribution in [3.63, 3.8) is 0 Å². The first-order valence-corrected chi connectivity index (χ1v) is 3.18. The molecule has 0 unspecified atom stereocenters. The molecule has 10 heavy (non-hydrogen) atoms. The van der Waals surface area contributed by atoms with Crippen molar-refractivity contribution in [1.29, 1.82) is 0 Å². The summed E-state index contributed by atoms with van der Waals surface area (Å²) in [5.41, 5.74) is 0. The highest BCUT2D eigenvalue weighted by Gasteiger charge is 1.93. The molecule has 0 aromatic heterocycles. The molecule has 0 radical (unpaired) electrons. The van der Waals surface area contributed by atoms with Gasteiger partial charge in [-0.15, -0.1) is 0 Å². The van der Waals surface area contributed by atoms with Gasteiger partial charge < -0.3 is 10.1 Å². The smallest absolute Gasteiger partial charge is 0.364 e. The van der Waals surface area contributed by atoms with E-state index in [-0.39, 0.29) is 12.5 Å². The number of hydrogen-bond acceptors (Lipinski definition) is 3. The minimum atomic E-state index is -0.634. The Balaban J connectivity index is 3.06. The maximum atomic E-state index is 10.2. The lowest BCUT2D eigenvalue weighted by Gasteiger charge is -2.00. The predicted octanol–water partition coefficient (Wildman–Crippen LogP) is 0.189. The minimum Gasteiger partial charge on any atom is -0.456 e. The lowest BCUT2D eigenvalue weighted by molar-refractivity contribution is -0.119. The molecule has 5 heteroatoms. The normalized spacial score (nSPS) is 8.60. The van der Waals surface area contributed by atoms with Gasteiger partial charge in [0.1, 0.15) is 6.61 Å². The molecule has 1 amide bonds. The first kappa shape index (κ1) is 9.29. The van der Waals surface area contributed by atoms with Gasteiger partial charge in [-0.1, -0.05) is 12.6 Å². The summed E-state index contributed by atoms with van der Waals surface area (Å²) in [4.78, 5) is 20.2. The Morgan fingerprint density at radius 2 is 2.20 bits per heavy atom. The minimum absolute atomic E-state index is 0.143. The molecular weight excluding hydrogens is 154 g/mol. The number of carbonyl (C=O) groups excluding carboxylic acids is 2. The van der Waals surface area contributed by atoms with Crippen molar-refractivity contribution >= 4 is 23.8 Å². The SMILES string of the molecule is CC(=O)NCCOC(=O)S. The number of nitrogens with one attached hydrogen (secondary N) is 1. The van der Waals surface area contributed by atoms with Crippen LogP contribution in [0.5, 0.6) is 0 Å². The summed E-state index contributed by atoms with van der Waals surface area (Å²) in [5, 5.41) is 1.82. The van der Waals surface area contributed by atoms with Crippen LogP contribution in [0.1, 0.15) is 6.92 Å². The monoisotopic (exact) mass is 163 g/mol. The molecule has 0 aromatic rings. The average molecular weight is 163 g/mol. The van der Waals surface area contributed by atoms with Crippen LogP contribution in [0, 0.1) is 0 Å². The van der Waals surface area contributed by atoms with Crippen LogP contribution >= 0.6 is 12.6 Å². The highest BCUT2D eigenvalue weighted by Crippen LogP contribution is 1.83. The van der Waals surface area contributed by atoms with E-state index >= 15 is 0 Å². The zero-order valence-electron chi connectivity index (χ0n) is 5.59. The molecule has 4 nitrogen and oxygen atoms in total. The van der Waals surface area contributed by atoms with Crippen LogP contribution in [0.3, 0.4) is 0 Å². The van der Waals surface area contributed by atoms with Gasteiger partial charge in [0.05, 0.1) is 6.54 Å². The number of rotatable bonds is 3. The second-order valence-corrected chi connectivity index (χ2v) is 1.96. The van der Waals surface area contributed by atoms with Crippen LogP contribution in [0.15, 0.2) is 0 Å². The van der Waals surface area contributed by atoms with Gasteiger partial charge in [0.2, 0.25) is 5.91 Å². The Morgan fingerprint density at radius 1 is 1.60 bits per heavy atom. The third-order valence-electron chi connectivity index (χ3n) is 0.702. The molecule has 1 N–H and O–H groups in total. The van der Waals surface area contributed by atoms with Gasteiger partial charge >= 0.3 is 5.30 Å². The molecule has 0 heterocycles. The summed E-state index contributed by atoms with van der Waals surface area (Å²) >= 11 is 3.35. The van der Waals surface area contributed by atoms with E-state index in [2.05, 4.69) is 22.7 Å². The van der Waals surface area contributed by atoms with E-state index in [0.29, 0.717) is 6.54 Å². The highest BCUT2D eigenvalue weighted by atomic mass is 32.1. The summed E-state index contributed by atoms with van der Waals surface area (Å²) in [6.07, 6.45) is 0. The van der Waals surface area contributed by atoms with Gasteiger partial charge in [-0.05, 0) is 0 Å². The molecule has 58 valence electrons. The largest absolute Gasteiger partial charge is 0.456 e. The summed E-state index contributed by atoms with van der Waals surface area (Å²) in [6.45, 7) is 1.89. The molecular formula is C5H9NO3S. The molecule has 0 bridgehead atoms. The van der Waals surface area contributed by atoms with Crippen molar-refractivity contribution in [3.8, 4) is 0 Å². The molecule has 0 fully saturated rings. The number of carbonyl (C=O) groups is 2. The zero-order chi connectivity index (χ0) is 7.98. The van der Waals surface area contributed by atoms with E-state index in [9.17, 15) is 9.59 Å². The third-order valence-corrected chi connectivity index (χ3v) is 0.831. The Kier molecular flexibility index (Phi) is 4.74. The fourth-order valence-corrected chi connectivity index (χ4v) is 0.457. The molecule has 0 aliphatic carbocycles. The zero-order valence-corrected chi connectivity index (χ0v) is 6.48. The third kappa shape index (κ3) is 7.29. The van der Waals surface area contributed by atoms with Crippen molar-refractivity contribution in [1.82, 2.24) is 5.32 Å². The number of amides is 1. The Morgan fingerprint density at radius 3 is 2.60 bits per heavy atom. The molecule has 0 saturated carbocycles. The number of ether oxygens (including phenoxy) is 1. The Labute approximate surface area is 64.3 Å². The van der Waals surface area contributed by atoms with Gasteiger partial charge in [0.15, 0.2) is 0 Å². The standard InChI is InChI=1S/C5H9NO3S/c1-4(7)6-2-3-9-5(8)10/h2-3H2,1H3,(H,6,7)(H,8,10). The summed E-state index contributed by atoms with van der Waals surface area (Å²) in [6, 6.07) is 0. The van der Waals surface area contributed by atoms with Gasteiger partial charge in [0.25, 0.3) is 0 Å². The van der Waals surface area contributed by atoms with Crippen LogP contribution in [0.4, 0.5) is 4.79 Å². The van der Waals surface area contributed by atoms with Gasteiger partial charge in [-0.2, -0.15) is 0 Å². The number of hydrogen-bond donors (Lipinski definition) is 2. The van der Waals surface area contributed by atoms with E-state index < -0.39 is 5.30 Å². The van der Waals surface area contributed by atoms with Gasteiger partial charge in [-0.3, -0.25) is 4.79 Å². The highest BCUT2D eigenvalue weighted by molar-refractivity contribution is 7.96. The summed E-state index contributed by atoms with van der Waals surface area (Å²) in [7, 11) is 0. The fourth-order valence-electron chi connectivity index (χ4n) is 0.365. The van der Waals surface area contributed by atoms with E-state index in [1.165, 1.54) is 6.92 Å². The van der Waals surface area contributed by atoms with Gasteiger partial charge in [0, 0.05) is 6.92 Å². The lowest BCUT2D eigenvalue weighted by atomic mass is 10.6. The van der Waals surface area contributed by atoms with E-state index in [1.807, 2.05) is 0 Å². The Bertz CT molecular complexity index is 121. The topological polar surface area (TPSA) is 55.4 Å². The lowest BCUT2D eigenvalue weighted by Crippen LogP contribution is -2.24. The summed E-state index contributed by atoms with van der Waals surface area (Å²) in [5.74, 6) is -0.143. The van der Waals surface area contributed by atoms with E-state index in [1.54, 1.807) is 0 Å². The molecule has 0 rings (SSSR count). The second kappa shape index (κ2) is 5.10. The molecule has 0 aromatic carbocycles. The van der Waals surface area contributed by atoms with Gasteiger partial charge in [-0.25, -0.2) is 4.79 Å². The Hall–Kier alpha value is -0.710. The second-order valence-electron chi connectivity index (χ2n) is 1.60. The van der Waals surface area contributed by atoms with E-state index in [4.69, 9.17) is 0 Å². The fraction of sp³-hybridized carbons (Fsp3) is 0.600. The van der Waals surface area contributed by atoms with Crippen molar-refractivity contribution in [2.24, 2.45) is 0 Å². The number of thiol groups is 1. The van der Waals surface area contributed by atoms with Crippen LogP contribution in [0.2, 0.25) is 0 Å². The summed E-state index contributed by atoms with van der Waals surface area (Å²) < 4.78 is 4.40. The van der Waals surface area contributed by atoms with Crippen LogP contribution in [-0.4, -0.2) is 24.4 Å². The maximum Gasteiger partial charge on any atom is 0.364 e. The first-order valence-electron chi connectivity index (χ1n) is 2.73. The van der Waals surface area contributed by atoms with Crippen molar-refractivity contribution in [3.05, 3.63) is 0 Å². The molecule has 0 atom stereocenters. The average Bonchev–Trinajstić information content (AvgIpc) is 1.79. The van der Waals surface area contributed by atoms with Crippen LogP contribution < -0.4 is 5.32 Å². The maximum absolute atomic E-state index is 10.2. The molecule has 0 aliphatic rings. The first-order chi connectivity index (χ1) is 4.63.